The predicted molar refractivity (Wildman–Crippen MR) is 114 cm³/mol. The molecule has 0 saturated carbocycles. The Morgan fingerprint density at radius 1 is 1.07 bits per heavy atom. The van der Waals surface area contributed by atoms with Crippen LogP contribution in [-0.2, 0) is 14.8 Å². The number of carbonyl (C=O) groups excluding carboxylic acids is 1. The van der Waals surface area contributed by atoms with Gasteiger partial charge in [-0.3, -0.25) is 9.10 Å². The van der Waals surface area contributed by atoms with E-state index in [1.165, 1.54) is 10.4 Å². The molecule has 1 unspecified atom stereocenters. The number of benzene rings is 2. The summed E-state index contributed by atoms with van der Waals surface area (Å²) in [5.41, 5.74) is 0.985. The summed E-state index contributed by atoms with van der Waals surface area (Å²) in [6.45, 7) is 6.61. The summed E-state index contributed by atoms with van der Waals surface area (Å²) in [5, 5.41) is 0. The molecule has 6 nitrogen and oxygen atoms in total. The maximum Gasteiger partial charge on any atom is 0.264 e. The van der Waals surface area contributed by atoms with Gasteiger partial charge in [-0.2, -0.15) is 0 Å². The van der Waals surface area contributed by atoms with Crippen molar-refractivity contribution in [3.63, 3.8) is 0 Å². The van der Waals surface area contributed by atoms with Gasteiger partial charge in [0, 0.05) is 37.7 Å². The monoisotopic (exact) mass is 416 g/mol. The van der Waals surface area contributed by atoms with Gasteiger partial charge in [0.1, 0.15) is 0 Å². The fourth-order valence-corrected chi connectivity index (χ4v) is 5.10. The molecule has 1 amide bonds. The van der Waals surface area contributed by atoms with Crippen LogP contribution in [0.5, 0.6) is 0 Å². The van der Waals surface area contributed by atoms with E-state index in [-0.39, 0.29) is 10.8 Å². The highest BCUT2D eigenvalue weighted by Crippen LogP contribution is 2.24. The fraction of sp³-hybridized carbons (Fsp3) is 0.409. The second kappa shape index (κ2) is 9.41. The zero-order valence-corrected chi connectivity index (χ0v) is 17.8. The molecule has 0 aromatic heterocycles. The van der Waals surface area contributed by atoms with Crippen LogP contribution < -0.4 is 4.31 Å². The molecule has 1 saturated heterocycles. The van der Waals surface area contributed by atoms with Crippen molar-refractivity contribution in [1.29, 1.82) is 0 Å². The first-order chi connectivity index (χ1) is 14.0. The van der Waals surface area contributed by atoms with E-state index in [2.05, 4.69) is 0 Å². The van der Waals surface area contributed by atoms with Crippen molar-refractivity contribution in [1.82, 2.24) is 4.90 Å². The number of nitrogens with zero attached hydrogens (tertiary/aromatic N) is 2. The van der Waals surface area contributed by atoms with Crippen LogP contribution in [0, 0.1) is 5.92 Å². The Balaban J connectivity index is 1.86. The molecule has 1 aliphatic heterocycles. The van der Waals surface area contributed by atoms with Crippen LogP contribution in [0.4, 0.5) is 5.69 Å². The van der Waals surface area contributed by atoms with Gasteiger partial charge in [-0.25, -0.2) is 8.42 Å². The second-order valence-corrected chi connectivity index (χ2v) is 8.97. The summed E-state index contributed by atoms with van der Waals surface area (Å²) >= 11 is 0. The third kappa shape index (κ3) is 4.79. The number of amides is 1. The van der Waals surface area contributed by atoms with E-state index in [0.717, 1.165) is 13.0 Å². The third-order valence-electron chi connectivity index (χ3n) is 5.17. The van der Waals surface area contributed by atoms with Crippen molar-refractivity contribution in [2.75, 3.05) is 37.2 Å². The summed E-state index contributed by atoms with van der Waals surface area (Å²) < 4.78 is 33.2. The lowest BCUT2D eigenvalue weighted by molar-refractivity contribution is 0.0730. The summed E-state index contributed by atoms with van der Waals surface area (Å²) in [7, 11) is -3.77. The lowest BCUT2D eigenvalue weighted by atomic mass is 10.1. The van der Waals surface area contributed by atoms with Gasteiger partial charge in [-0.1, -0.05) is 24.3 Å². The van der Waals surface area contributed by atoms with Crippen molar-refractivity contribution in [3.05, 3.63) is 60.2 Å². The van der Waals surface area contributed by atoms with Gasteiger partial charge in [-0.15, -0.1) is 0 Å². The molecule has 29 heavy (non-hydrogen) atoms. The Labute approximate surface area is 173 Å². The minimum atomic E-state index is -3.77. The molecule has 1 heterocycles. The maximum atomic E-state index is 13.2. The van der Waals surface area contributed by atoms with E-state index in [1.807, 2.05) is 13.0 Å². The lowest BCUT2D eigenvalue weighted by Gasteiger charge is -2.25. The van der Waals surface area contributed by atoms with E-state index >= 15 is 0 Å². The van der Waals surface area contributed by atoms with E-state index in [9.17, 15) is 13.2 Å². The largest absolute Gasteiger partial charge is 0.381 e. The maximum absolute atomic E-state index is 13.2. The number of ether oxygens (including phenoxy) is 1. The van der Waals surface area contributed by atoms with Gasteiger partial charge in [0.05, 0.1) is 17.2 Å². The molecule has 0 radical (unpaired) electrons. The number of hydrogen-bond donors (Lipinski definition) is 0. The zero-order chi connectivity index (χ0) is 20.9. The summed E-state index contributed by atoms with van der Waals surface area (Å²) in [5.74, 6) is 0.179. The van der Waals surface area contributed by atoms with Crippen LogP contribution in [0.3, 0.4) is 0 Å². The summed E-state index contributed by atoms with van der Waals surface area (Å²) in [6.07, 6.45) is 0.945. The summed E-state index contributed by atoms with van der Waals surface area (Å²) in [6, 6.07) is 15.3. The molecule has 7 heteroatoms. The standard InChI is InChI=1S/C22H28N2O4S/c1-3-23(16-18-13-14-28-17-18)22(25)19-9-8-12-21(15-19)29(26,27)24(4-2)20-10-6-5-7-11-20/h5-12,15,18H,3-4,13-14,16-17H2,1-2H3. The molecule has 1 atom stereocenters. The summed E-state index contributed by atoms with van der Waals surface area (Å²) in [4.78, 5) is 14.9. The van der Waals surface area contributed by atoms with Gasteiger partial charge < -0.3 is 9.64 Å². The van der Waals surface area contributed by atoms with Gasteiger partial charge in [0.25, 0.3) is 15.9 Å². The predicted octanol–water partition coefficient (Wildman–Crippen LogP) is 3.40. The van der Waals surface area contributed by atoms with Crippen molar-refractivity contribution in [3.8, 4) is 0 Å². The first-order valence-corrected chi connectivity index (χ1v) is 11.5. The third-order valence-corrected chi connectivity index (χ3v) is 7.07. The van der Waals surface area contributed by atoms with Crippen LogP contribution in [0.1, 0.15) is 30.6 Å². The van der Waals surface area contributed by atoms with Gasteiger partial charge in [0.15, 0.2) is 0 Å². The molecule has 2 aromatic carbocycles. The Kier molecular flexibility index (Phi) is 6.92. The molecule has 3 rings (SSSR count). The second-order valence-electron chi connectivity index (χ2n) is 7.11. The first kappa shape index (κ1) is 21.3. The first-order valence-electron chi connectivity index (χ1n) is 10.0. The normalized spacial score (nSPS) is 16.6. The topological polar surface area (TPSA) is 66.9 Å². The van der Waals surface area contributed by atoms with E-state index in [4.69, 9.17) is 4.74 Å². The van der Waals surface area contributed by atoms with Crippen LogP contribution in [0.15, 0.2) is 59.5 Å². The highest BCUT2D eigenvalue weighted by Gasteiger charge is 2.26. The molecule has 156 valence electrons. The molecule has 0 bridgehead atoms. The Morgan fingerprint density at radius 2 is 1.83 bits per heavy atom. The van der Waals surface area contributed by atoms with Gasteiger partial charge in [0.2, 0.25) is 0 Å². The number of anilines is 1. The van der Waals surface area contributed by atoms with Crippen molar-refractivity contribution < 1.29 is 17.9 Å². The molecular formula is C22H28N2O4S. The van der Waals surface area contributed by atoms with E-state index in [1.54, 1.807) is 54.3 Å². The number of para-hydroxylation sites is 1. The zero-order valence-electron chi connectivity index (χ0n) is 17.0. The molecule has 0 N–H and O–H groups in total. The highest BCUT2D eigenvalue weighted by molar-refractivity contribution is 7.92. The van der Waals surface area contributed by atoms with Gasteiger partial charge >= 0.3 is 0 Å². The minimum Gasteiger partial charge on any atom is -0.381 e. The average molecular weight is 417 g/mol. The van der Waals surface area contributed by atoms with Crippen molar-refractivity contribution >= 4 is 21.6 Å². The molecule has 0 aliphatic carbocycles. The smallest absolute Gasteiger partial charge is 0.264 e. The minimum absolute atomic E-state index is 0.120. The van der Waals surface area contributed by atoms with Crippen LogP contribution in [0.2, 0.25) is 0 Å². The highest BCUT2D eigenvalue weighted by atomic mass is 32.2. The number of rotatable bonds is 8. The quantitative estimate of drug-likeness (QED) is 0.662. The molecular weight excluding hydrogens is 388 g/mol. The number of sulfonamides is 1. The Bertz CT molecular complexity index is 925. The van der Waals surface area contributed by atoms with Crippen molar-refractivity contribution in [2.45, 2.75) is 25.2 Å². The van der Waals surface area contributed by atoms with Crippen LogP contribution in [-0.4, -0.2) is 52.1 Å². The SMILES string of the molecule is CCN(CC1CCOC1)C(=O)c1cccc(S(=O)(=O)N(CC)c2ccccc2)c1. The van der Waals surface area contributed by atoms with Gasteiger partial charge in [-0.05, 0) is 50.6 Å². The average Bonchev–Trinajstić information content (AvgIpc) is 3.26. The number of hydrogen-bond acceptors (Lipinski definition) is 4. The fourth-order valence-electron chi connectivity index (χ4n) is 3.58. The van der Waals surface area contributed by atoms with Crippen LogP contribution >= 0.6 is 0 Å². The van der Waals surface area contributed by atoms with Crippen LogP contribution in [0.25, 0.3) is 0 Å². The molecule has 1 fully saturated rings. The number of carbonyl (C=O) groups is 1. The molecule has 0 spiro atoms. The molecule has 1 aliphatic rings. The van der Waals surface area contributed by atoms with E-state index in [0.29, 0.717) is 43.4 Å². The Morgan fingerprint density at radius 3 is 2.45 bits per heavy atom. The lowest BCUT2D eigenvalue weighted by Crippen LogP contribution is -2.36. The van der Waals surface area contributed by atoms with E-state index < -0.39 is 10.0 Å². The Hall–Kier alpha value is -2.38. The van der Waals surface area contributed by atoms with Crippen molar-refractivity contribution in [2.24, 2.45) is 5.92 Å². The molecule has 2 aromatic rings.